The van der Waals surface area contributed by atoms with Gasteiger partial charge in [0.1, 0.15) is 50.4 Å². The molecular formula is C24H22ClFN3O7+. The van der Waals surface area contributed by atoms with Gasteiger partial charge in [0, 0.05) is 16.1 Å². The molecule has 1 saturated heterocycles. The van der Waals surface area contributed by atoms with Crippen LogP contribution in [0.2, 0.25) is 5.02 Å². The van der Waals surface area contributed by atoms with Gasteiger partial charge in [-0.05, 0) is 30.3 Å². The number of ether oxygens (including phenoxy) is 1. The van der Waals surface area contributed by atoms with Gasteiger partial charge in [-0.2, -0.15) is 4.57 Å². The molecule has 3 aromatic rings. The third-order valence-electron chi connectivity index (χ3n) is 5.93. The lowest BCUT2D eigenvalue weighted by Gasteiger charge is -2.37. The van der Waals surface area contributed by atoms with E-state index in [9.17, 15) is 34.7 Å². The van der Waals surface area contributed by atoms with Crippen LogP contribution >= 0.6 is 11.6 Å². The molecule has 0 bridgehead atoms. The first-order valence-electron chi connectivity index (χ1n) is 13.0. The summed E-state index contributed by atoms with van der Waals surface area (Å²) in [5, 5.41) is 51.6. The highest BCUT2D eigenvalue weighted by Crippen LogP contribution is 2.31. The molecular weight excluding hydrogens is 497 g/mol. The van der Waals surface area contributed by atoms with Crippen molar-refractivity contribution in [2.45, 2.75) is 43.7 Å². The summed E-state index contributed by atoms with van der Waals surface area (Å²) < 4.78 is 64.4. The predicted molar refractivity (Wildman–Crippen MR) is 122 cm³/mol. The van der Waals surface area contributed by atoms with Crippen molar-refractivity contribution in [3.63, 3.8) is 0 Å². The Hall–Kier alpha value is -3.19. The maximum atomic E-state index is 15.0. The summed E-state index contributed by atoms with van der Waals surface area (Å²) in [4.78, 5) is 15.8. The zero-order chi connectivity index (χ0) is 30.2. The number of aliphatic hydroxyl groups excluding tert-OH is 3. The SMILES string of the molecule is [2H]c1c2n(c(C([2H])([2H])O)[n+]1[C@@H]1O[C@H](C(=O)O)[C@@H](O)[C@H](O)[C@H]1O)-c1ccc(Cl)cc1C(c1ccccc1F)=NC2([2H])[2H]. The van der Waals surface area contributed by atoms with E-state index in [0.29, 0.717) is 4.57 Å². The molecule has 3 heterocycles. The number of aromatic nitrogens is 2. The summed E-state index contributed by atoms with van der Waals surface area (Å²) >= 11 is 6.23. The van der Waals surface area contributed by atoms with Gasteiger partial charge in [-0.15, -0.1) is 0 Å². The average molecular weight is 524 g/mol. The number of halogens is 2. The number of carbonyl (C=O) groups is 1. The molecule has 10 nitrogen and oxygen atoms in total. The van der Waals surface area contributed by atoms with E-state index in [1.165, 1.54) is 36.4 Å². The van der Waals surface area contributed by atoms with Gasteiger partial charge in [-0.3, -0.25) is 4.99 Å². The van der Waals surface area contributed by atoms with Gasteiger partial charge in [0.2, 0.25) is 6.23 Å². The third-order valence-corrected chi connectivity index (χ3v) is 6.17. The van der Waals surface area contributed by atoms with E-state index in [1.54, 1.807) is 0 Å². The van der Waals surface area contributed by atoms with Crippen LogP contribution in [0.4, 0.5) is 4.39 Å². The Morgan fingerprint density at radius 1 is 1.25 bits per heavy atom. The molecule has 1 aromatic heterocycles. The highest BCUT2D eigenvalue weighted by atomic mass is 35.5. The molecule has 5 N–H and O–H groups in total. The molecule has 0 unspecified atom stereocenters. The number of imidazole rings is 1. The van der Waals surface area contributed by atoms with Crippen molar-refractivity contribution < 1.29 is 50.9 Å². The minimum Gasteiger partial charge on any atom is -0.479 e. The standard InChI is InChI=1S/C24H21ClFN3O7/c25-11-5-6-16-14(7-11)18(13-3-1-2-4-15(13)26)27-8-12-9-28(17(10-30)29(12)16)23-21(33)19(31)20(32)22(36-23)24(34)35/h1-7,9,19-23,30-33H,8,10H2/p+1/t19-,20-,21+,22-,23+/m0/s1/i8D2,9D,10D2. The van der Waals surface area contributed by atoms with Crippen molar-refractivity contribution in [2.24, 2.45) is 4.99 Å². The van der Waals surface area contributed by atoms with Gasteiger partial charge in [0.15, 0.2) is 11.8 Å². The molecule has 0 amide bonds. The number of aliphatic carboxylic acids is 1. The van der Waals surface area contributed by atoms with Gasteiger partial charge >= 0.3 is 5.97 Å². The van der Waals surface area contributed by atoms with Gasteiger partial charge in [0.25, 0.3) is 5.82 Å². The predicted octanol–water partition coefficient (Wildman–Crippen LogP) is 0.465. The second-order valence-corrected chi connectivity index (χ2v) is 8.51. The molecule has 0 saturated carbocycles. The van der Waals surface area contributed by atoms with Crippen molar-refractivity contribution in [1.29, 1.82) is 0 Å². The number of rotatable bonds is 4. The number of aliphatic imine (C=N–C) groups is 1. The van der Waals surface area contributed by atoms with Crippen molar-refractivity contribution in [3.05, 3.63) is 82.1 Å². The van der Waals surface area contributed by atoms with Crippen LogP contribution in [0, 0.1) is 5.82 Å². The fourth-order valence-corrected chi connectivity index (χ4v) is 4.40. The molecule has 5 rings (SSSR count). The van der Waals surface area contributed by atoms with Crippen LogP contribution in [-0.4, -0.2) is 66.2 Å². The molecule has 5 atom stereocenters. The van der Waals surface area contributed by atoms with E-state index < -0.39 is 73.2 Å². The Balaban J connectivity index is 1.88. The Morgan fingerprint density at radius 3 is 2.69 bits per heavy atom. The minimum atomic E-state index is -3.44. The normalized spacial score (nSPS) is 29.3. The van der Waals surface area contributed by atoms with Crippen LogP contribution in [0.15, 0.2) is 53.6 Å². The summed E-state index contributed by atoms with van der Waals surface area (Å²) in [6, 6.07) is 9.25. The van der Waals surface area contributed by atoms with Gasteiger partial charge in [-0.1, -0.05) is 23.7 Å². The van der Waals surface area contributed by atoms with Gasteiger partial charge < -0.3 is 30.3 Å². The lowest BCUT2D eigenvalue weighted by molar-refractivity contribution is -0.783. The number of nitrogens with zero attached hydrogens (tertiary/aromatic N) is 3. The highest BCUT2D eigenvalue weighted by molar-refractivity contribution is 6.31. The van der Waals surface area contributed by atoms with E-state index in [-0.39, 0.29) is 27.5 Å². The average Bonchev–Trinajstić information content (AvgIpc) is 3.15. The molecule has 0 aliphatic carbocycles. The lowest BCUT2D eigenvalue weighted by atomic mass is 9.98. The minimum absolute atomic E-state index is 0.0261. The number of carboxylic acids is 1. The van der Waals surface area contributed by atoms with E-state index >= 15 is 0 Å². The number of carboxylic acid groups (broad SMARTS) is 1. The summed E-state index contributed by atoms with van der Waals surface area (Å²) in [5.74, 6) is -3.47. The lowest BCUT2D eigenvalue weighted by Crippen LogP contribution is -2.64. The first kappa shape index (κ1) is 19.0. The second kappa shape index (κ2) is 9.36. The Bertz CT molecular complexity index is 1600. The van der Waals surface area contributed by atoms with Crippen LogP contribution in [-0.2, 0) is 22.6 Å². The second-order valence-electron chi connectivity index (χ2n) is 8.07. The topological polar surface area (TPSA) is 149 Å². The quantitative estimate of drug-likeness (QED) is 0.312. The van der Waals surface area contributed by atoms with Crippen LogP contribution in [0.1, 0.15) is 35.7 Å². The zero-order valence-electron chi connectivity index (χ0n) is 23.1. The summed E-state index contributed by atoms with van der Waals surface area (Å²) in [6.07, 6.45) is -11.7. The maximum Gasteiger partial charge on any atom is 0.335 e. The van der Waals surface area contributed by atoms with Crippen LogP contribution in [0.25, 0.3) is 5.69 Å². The number of benzene rings is 2. The van der Waals surface area contributed by atoms with E-state index in [4.69, 9.17) is 23.2 Å². The fraction of sp³-hybridized carbons (Fsp3) is 0.292. The fourth-order valence-electron chi connectivity index (χ4n) is 4.23. The van der Waals surface area contributed by atoms with Gasteiger partial charge in [-0.25, -0.2) is 13.8 Å². The van der Waals surface area contributed by atoms with E-state index in [0.717, 1.165) is 10.6 Å². The summed E-state index contributed by atoms with van der Waals surface area (Å²) in [6.45, 7) is -6.39. The molecule has 2 aliphatic heterocycles. The number of hydrogen-bond acceptors (Lipinski definition) is 7. The molecule has 2 aromatic carbocycles. The van der Waals surface area contributed by atoms with Crippen LogP contribution < -0.4 is 4.57 Å². The Kier molecular flexibility index (Phi) is 4.94. The Morgan fingerprint density at radius 2 is 2.00 bits per heavy atom. The van der Waals surface area contributed by atoms with Gasteiger partial charge in [0.05, 0.1) is 11.2 Å². The number of fused-ring (bicyclic) bond motifs is 3. The maximum absolute atomic E-state index is 15.0. The molecule has 2 aliphatic rings. The monoisotopic (exact) mass is 523 g/mol. The van der Waals surface area contributed by atoms with Crippen molar-refractivity contribution in [2.75, 3.05) is 0 Å². The first-order chi connectivity index (χ1) is 19.1. The molecule has 0 spiro atoms. The summed E-state index contributed by atoms with van der Waals surface area (Å²) in [7, 11) is 0. The number of hydrogen-bond donors (Lipinski definition) is 5. The van der Waals surface area contributed by atoms with E-state index in [2.05, 4.69) is 4.99 Å². The highest BCUT2D eigenvalue weighted by Gasteiger charge is 2.51. The molecule has 188 valence electrons. The molecule has 1 fully saturated rings. The smallest absolute Gasteiger partial charge is 0.335 e. The third kappa shape index (κ3) is 3.90. The molecule has 12 heteroatoms. The Labute approximate surface area is 215 Å². The molecule has 0 radical (unpaired) electrons. The van der Waals surface area contributed by atoms with Crippen molar-refractivity contribution in [3.8, 4) is 5.69 Å². The summed E-state index contributed by atoms with van der Waals surface area (Å²) in [5.41, 5.74) is -1.26. The first-order valence-corrected chi connectivity index (χ1v) is 10.9. The van der Waals surface area contributed by atoms with Crippen LogP contribution in [0.3, 0.4) is 0 Å². The number of aliphatic hydroxyl groups is 4. The van der Waals surface area contributed by atoms with E-state index in [1.807, 2.05) is 0 Å². The molecule has 36 heavy (non-hydrogen) atoms. The van der Waals surface area contributed by atoms with Crippen LogP contribution in [0.5, 0.6) is 0 Å². The van der Waals surface area contributed by atoms with Crippen molar-refractivity contribution >= 4 is 23.3 Å². The largest absolute Gasteiger partial charge is 0.479 e. The van der Waals surface area contributed by atoms with Crippen molar-refractivity contribution in [1.82, 2.24) is 4.57 Å². The zero-order valence-corrected chi connectivity index (χ0v) is 18.8.